The number of nitrogens with one attached hydrogen (secondary N) is 3. The first-order valence-corrected chi connectivity index (χ1v) is 17.1. The van der Waals surface area contributed by atoms with Crippen LogP contribution >= 0.6 is 11.6 Å². The van der Waals surface area contributed by atoms with E-state index in [1.807, 2.05) is 0 Å². The Hall–Kier alpha value is -4.75. The first-order chi connectivity index (χ1) is 22.9. The molecule has 1 saturated heterocycles. The number of fused-ring (bicyclic) bond motifs is 1. The Kier molecular flexibility index (Phi) is 10.2. The van der Waals surface area contributed by atoms with E-state index in [0.29, 0.717) is 69.2 Å². The lowest BCUT2D eigenvalue weighted by Gasteiger charge is -2.32. The normalized spacial score (nSPS) is 15.3. The molecule has 0 radical (unpaired) electrons. The smallest absolute Gasteiger partial charge is 0.411 e. The van der Waals surface area contributed by atoms with Crippen molar-refractivity contribution in [3.8, 4) is 11.5 Å². The second-order valence-electron chi connectivity index (χ2n) is 11.6. The SMILES string of the molecule is COC(=O)Nc1ccc(S(=O)(=O)C(C)C)c(C2CCCN2C(=O)C(Nc2ccc3c(Cl)c[nH]c(=O)c3c2)c2ccc(OC)c(OC)c2)c1. The van der Waals surface area contributed by atoms with Crippen molar-refractivity contribution >= 4 is 55.6 Å². The third-order valence-electron chi connectivity index (χ3n) is 8.41. The van der Waals surface area contributed by atoms with E-state index in [2.05, 4.69) is 15.6 Å². The lowest BCUT2D eigenvalue weighted by Crippen LogP contribution is -2.38. The van der Waals surface area contributed by atoms with E-state index in [9.17, 15) is 22.8 Å². The van der Waals surface area contributed by atoms with Gasteiger partial charge >= 0.3 is 6.09 Å². The molecule has 14 heteroatoms. The van der Waals surface area contributed by atoms with Crippen molar-refractivity contribution in [3.05, 3.63) is 87.3 Å². The number of H-pyrrole nitrogens is 1. The maximum atomic E-state index is 14.7. The van der Waals surface area contributed by atoms with Gasteiger partial charge in [-0.1, -0.05) is 23.7 Å². The monoisotopic (exact) mass is 696 g/mol. The summed E-state index contributed by atoms with van der Waals surface area (Å²) < 4.78 is 42.8. The van der Waals surface area contributed by atoms with Crippen LogP contribution in [0.25, 0.3) is 10.8 Å². The zero-order valence-electron chi connectivity index (χ0n) is 27.1. The number of methoxy groups -OCH3 is 3. The standard InChI is InChI=1S/C34H37ClN4O8S/c1-19(2)48(43,44)30-13-10-22(38-34(42)47-5)17-25(30)27-7-6-14-39(27)33(41)31(20-8-12-28(45-3)29(15-20)46-4)37-21-9-11-23-24(16-21)32(40)36-18-26(23)35/h8-13,15-19,27,31,37H,6-7,14H2,1-5H3,(H,36,40)(H,38,42). The molecular weight excluding hydrogens is 660 g/mol. The molecule has 3 N–H and O–H groups in total. The molecule has 0 saturated carbocycles. The third-order valence-corrected chi connectivity index (χ3v) is 11.0. The minimum Gasteiger partial charge on any atom is -0.493 e. The average Bonchev–Trinajstić information content (AvgIpc) is 3.58. The fourth-order valence-electron chi connectivity index (χ4n) is 5.89. The number of rotatable bonds is 10. The van der Waals surface area contributed by atoms with E-state index in [1.54, 1.807) is 61.2 Å². The van der Waals surface area contributed by atoms with Gasteiger partial charge in [0.1, 0.15) is 6.04 Å². The van der Waals surface area contributed by atoms with E-state index in [0.717, 1.165) is 0 Å². The molecule has 1 aromatic heterocycles. The molecule has 12 nitrogen and oxygen atoms in total. The Morgan fingerprint density at radius 3 is 2.38 bits per heavy atom. The molecule has 0 aliphatic carbocycles. The molecule has 2 heterocycles. The van der Waals surface area contributed by atoms with Gasteiger partial charge in [-0.05, 0) is 80.3 Å². The minimum absolute atomic E-state index is 0.0823. The van der Waals surface area contributed by atoms with Gasteiger partial charge in [0.25, 0.3) is 5.56 Å². The van der Waals surface area contributed by atoms with Crippen molar-refractivity contribution in [2.45, 2.75) is 48.9 Å². The van der Waals surface area contributed by atoms with Crippen LogP contribution in [0.1, 0.15) is 49.9 Å². The topological polar surface area (TPSA) is 156 Å². The van der Waals surface area contributed by atoms with E-state index in [4.69, 9.17) is 25.8 Å². The molecule has 1 fully saturated rings. The highest BCUT2D eigenvalue weighted by Crippen LogP contribution is 2.41. The molecular formula is C34H37ClN4O8S. The van der Waals surface area contributed by atoms with E-state index in [1.165, 1.54) is 39.7 Å². The predicted octanol–water partition coefficient (Wildman–Crippen LogP) is 6.08. The third kappa shape index (κ3) is 6.78. The number of benzene rings is 3. The van der Waals surface area contributed by atoms with Crippen LogP contribution in [0.4, 0.5) is 16.2 Å². The van der Waals surface area contributed by atoms with Crippen LogP contribution in [-0.2, 0) is 19.4 Å². The second-order valence-corrected chi connectivity index (χ2v) is 14.5. The number of aromatic amines is 1. The van der Waals surface area contributed by atoms with Gasteiger partial charge in [0, 0.05) is 29.5 Å². The summed E-state index contributed by atoms with van der Waals surface area (Å²) in [5.74, 6) is 0.530. The number of carbonyl (C=O) groups is 2. The Morgan fingerprint density at radius 1 is 0.958 bits per heavy atom. The van der Waals surface area contributed by atoms with Crippen molar-refractivity contribution in [2.75, 3.05) is 38.5 Å². The summed E-state index contributed by atoms with van der Waals surface area (Å²) >= 11 is 6.32. The van der Waals surface area contributed by atoms with Crippen LogP contribution in [0, 0.1) is 0 Å². The van der Waals surface area contributed by atoms with Gasteiger partial charge in [-0.25, -0.2) is 13.2 Å². The summed E-state index contributed by atoms with van der Waals surface area (Å²) in [7, 11) is 0.451. The van der Waals surface area contributed by atoms with Gasteiger partial charge in [0.05, 0.1) is 47.9 Å². The summed E-state index contributed by atoms with van der Waals surface area (Å²) in [6.45, 7) is 3.53. The molecule has 5 rings (SSSR count). The molecule has 1 aliphatic rings. The predicted molar refractivity (Wildman–Crippen MR) is 184 cm³/mol. The number of anilines is 2. The highest BCUT2D eigenvalue weighted by Gasteiger charge is 2.38. The highest BCUT2D eigenvalue weighted by atomic mass is 35.5. The Balaban J connectivity index is 1.62. The number of nitrogens with zero attached hydrogens (tertiary/aromatic N) is 1. The van der Waals surface area contributed by atoms with Crippen molar-refractivity contribution < 1.29 is 32.2 Å². The number of pyridine rings is 1. The largest absolute Gasteiger partial charge is 0.493 e. The number of ether oxygens (including phenoxy) is 3. The van der Waals surface area contributed by atoms with Gasteiger partial charge in [0.15, 0.2) is 21.3 Å². The molecule has 3 aromatic carbocycles. The Morgan fingerprint density at radius 2 is 1.69 bits per heavy atom. The van der Waals surface area contributed by atoms with Crippen molar-refractivity contribution in [3.63, 3.8) is 0 Å². The molecule has 2 unspecified atom stereocenters. The summed E-state index contributed by atoms with van der Waals surface area (Å²) in [4.78, 5) is 43.8. The molecule has 2 amide bonds. The summed E-state index contributed by atoms with van der Waals surface area (Å²) in [6, 6.07) is 13.1. The van der Waals surface area contributed by atoms with Crippen LogP contribution in [0.15, 0.2) is 70.5 Å². The molecule has 0 bridgehead atoms. The summed E-state index contributed by atoms with van der Waals surface area (Å²) in [5.41, 5.74) is 1.40. The number of likely N-dealkylation sites (tertiary alicyclic amines) is 1. The number of sulfone groups is 1. The number of halogens is 1. The number of carbonyl (C=O) groups excluding carboxylic acids is 2. The van der Waals surface area contributed by atoms with Crippen molar-refractivity contribution in [1.82, 2.24) is 9.88 Å². The van der Waals surface area contributed by atoms with E-state index in [-0.39, 0.29) is 16.4 Å². The number of aromatic nitrogens is 1. The molecule has 1 aliphatic heterocycles. The first-order valence-electron chi connectivity index (χ1n) is 15.2. The fraction of sp³-hybridized carbons (Fsp3) is 0.324. The maximum Gasteiger partial charge on any atom is 0.411 e. The lowest BCUT2D eigenvalue weighted by atomic mass is 10.0. The molecule has 0 spiro atoms. The molecule has 2 atom stereocenters. The van der Waals surface area contributed by atoms with E-state index >= 15 is 0 Å². The van der Waals surface area contributed by atoms with E-state index < -0.39 is 33.3 Å². The van der Waals surface area contributed by atoms with Gasteiger partial charge < -0.3 is 29.4 Å². The maximum absolute atomic E-state index is 14.7. The lowest BCUT2D eigenvalue weighted by molar-refractivity contribution is -0.133. The van der Waals surface area contributed by atoms with Gasteiger partial charge in [0.2, 0.25) is 5.91 Å². The van der Waals surface area contributed by atoms with Crippen LogP contribution in [0.3, 0.4) is 0 Å². The average molecular weight is 697 g/mol. The van der Waals surface area contributed by atoms with Crippen LogP contribution in [0.2, 0.25) is 5.02 Å². The summed E-state index contributed by atoms with van der Waals surface area (Å²) in [6.07, 6.45) is 1.80. The Labute approximate surface area is 283 Å². The molecule has 4 aromatic rings. The zero-order chi connectivity index (χ0) is 34.7. The quantitative estimate of drug-likeness (QED) is 0.179. The van der Waals surface area contributed by atoms with Gasteiger partial charge in [-0.2, -0.15) is 0 Å². The number of hydrogen-bond acceptors (Lipinski definition) is 9. The van der Waals surface area contributed by atoms with Crippen LogP contribution in [-0.4, -0.2) is 63.4 Å². The first kappa shape index (κ1) is 34.6. The number of hydrogen-bond donors (Lipinski definition) is 3. The van der Waals surface area contributed by atoms with Crippen LogP contribution in [0.5, 0.6) is 11.5 Å². The number of amides is 2. The van der Waals surface area contributed by atoms with Crippen molar-refractivity contribution in [2.24, 2.45) is 0 Å². The molecule has 254 valence electrons. The van der Waals surface area contributed by atoms with Crippen molar-refractivity contribution in [1.29, 1.82) is 0 Å². The fourth-order valence-corrected chi connectivity index (χ4v) is 7.40. The molecule has 48 heavy (non-hydrogen) atoms. The Bertz CT molecular complexity index is 2030. The second kappa shape index (κ2) is 14.2. The van der Waals surface area contributed by atoms with Gasteiger partial charge in [-0.15, -0.1) is 0 Å². The van der Waals surface area contributed by atoms with Gasteiger partial charge in [-0.3, -0.25) is 14.9 Å². The minimum atomic E-state index is -3.78. The summed E-state index contributed by atoms with van der Waals surface area (Å²) in [5, 5.41) is 6.44. The highest BCUT2D eigenvalue weighted by molar-refractivity contribution is 7.92. The zero-order valence-corrected chi connectivity index (χ0v) is 28.7. The van der Waals surface area contributed by atoms with Crippen LogP contribution < -0.4 is 25.7 Å².